The molecule has 2 fully saturated rings. The maximum Gasteiger partial charge on any atom is 0.226 e. The Kier molecular flexibility index (Phi) is 4.25. The average molecular weight is 305 g/mol. The number of nitrogens with zero attached hydrogens (tertiary/aromatic N) is 1. The van der Waals surface area contributed by atoms with E-state index >= 15 is 0 Å². The first-order chi connectivity index (χ1) is 10.5. The number of carbonyl (C=O) groups excluding carboxylic acids is 2. The monoisotopic (exact) mass is 305 g/mol. The summed E-state index contributed by atoms with van der Waals surface area (Å²) in [6, 6.07) is 5.92. The number of likely N-dealkylation sites (tertiary alicyclic amines) is 1. The number of piperidine rings is 1. The molecule has 118 valence electrons. The lowest BCUT2D eigenvalue weighted by Crippen LogP contribution is -2.46. The van der Waals surface area contributed by atoms with E-state index in [1.165, 1.54) is 12.1 Å². The fourth-order valence-electron chi connectivity index (χ4n) is 3.29. The fourth-order valence-corrected chi connectivity index (χ4v) is 3.29. The van der Waals surface area contributed by atoms with Crippen LogP contribution in [0.2, 0.25) is 0 Å². The minimum atomic E-state index is -0.622. The number of Topliss-reactive ketones (excluding diaryl/α,β-unsaturated/α-hetero) is 1. The molecule has 1 aliphatic carbocycles. The zero-order chi connectivity index (χ0) is 15.7. The Morgan fingerprint density at radius 2 is 1.77 bits per heavy atom. The summed E-state index contributed by atoms with van der Waals surface area (Å²) in [5.74, 6) is -0.107. The molecule has 1 saturated carbocycles. The van der Waals surface area contributed by atoms with Crippen molar-refractivity contribution < 1.29 is 19.1 Å². The van der Waals surface area contributed by atoms with Gasteiger partial charge in [-0.05, 0) is 36.5 Å². The van der Waals surface area contributed by atoms with Crippen LogP contribution >= 0.6 is 0 Å². The van der Waals surface area contributed by atoms with Gasteiger partial charge in [-0.2, -0.15) is 0 Å². The Bertz CT molecular complexity index is 556. The van der Waals surface area contributed by atoms with E-state index in [0.717, 1.165) is 18.4 Å². The number of hydrogen-bond acceptors (Lipinski definition) is 3. The first kappa shape index (κ1) is 15.2. The van der Waals surface area contributed by atoms with Crippen LogP contribution in [-0.2, 0) is 9.59 Å². The Morgan fingerprint density at radius 3 is 2.32 bits per heavy atom. The second-order valence-electron chi connectivity index (χ2n) is 6.30. The largest absolute Gasteiger partial charge is 0.388 e. The lowest BCUT2D eigenvalue weighted by Gasteiger charge is -2.37. The Balaban J connectivity index is 1.53. The highest BCUT2D eigenvalue weighted by molar-refractivity contribution is 5.96. The number of aliphatic hydroxyl groups is 1. The summed E-state index contributed by atoms with van der Waals surface area (Å²) >= 11 is 0. The van der Waals surface area contributed by atoms with Gasteiger partial charge in [-0.25, -0.2) is 4.39 Å². The smallest absolute Gasteiger partial charge is 0.226 e. The minimum Gasteiger partial charge on any atom is -0.388 e. The molecular formula is C17H20FNO3. The van der Waals surface area contributed by atoms with Gasteiger partial charge >= 0.3 is 0 Å². The Labute approximate surface area is 128 Å². The topological polar surface area (TPSA) is 57.6 Å². The lowest BCUT2D eigenvalue weighted by molar-refractivity contribution is -0.146. The van der Waals surface area contributed by atoms with Crippen LogP contribution in [0.3, 0.4) is 0 Å². The van der Waals surface area contributed by atoms with Gasteiger partial charge in [-0.15, -0.1) is 0 Å². The molecule has 1 aliphatic heterocycles. The van der Waals surface area contributed by atoms with Gasteiger partial charge in [0.2, 0.25) is 5.91 Å². The highest BCUT2D eigenvalue weighted by Crippen LogP contribution is 2.32. The van der Waals surface area contributed by atoms with Crippen LogP contribution in [0.25, 0.3) is 0 Å². The van der Waals surface area contributed by atoms with Gasteiger partial charge in [0.05, 0.1) is 12.0 Å². The molecule has 1 atom stereocenters. The molecule has 1 aromatic carbocycles. The van der Waals surface area contributed by atoms with Crippen LogP contribution in [-0.4, -0.2) is 34.8 Å². The van der Waals surface area contributed by atoms with Crippen molar-refractivity contribution in [1.29, 1.82) is 0 Å². The molecule has 4 nitrogen and oxygen atoms in total. The molecule has 0 aromatic heterocycles. The van der Waals surface area contributed by atoms with E-state index in [1.54, 1.807) is 12.1 Å². The van der Waals surface area contributed by atoms with Crippen molar-refractivity contribution in [1.82, 2.24) is 4.90 Å². The highest BCUT2D eigenvalue weighted by Gasteiger charge is 2.37. The quantitative estimate of drug-likeness (QED) is 0.930. The van der Waals surface area contributed by atoms with Crippen molar-refractivity contribution in [2.45, 2.75) is 31.8 Å². The second kappa shape index (κ2) is 6.16. The number of aliphatic hydroxyl groups excluding tert-OH is 1. The molecular weight excluding hydrogens is 285 g/mol. The zero-order valence-corrected chi connectivity index (χ0v) is 12.4. The average Bonchev–Trinajstić information content (AvgIpc) is 2.51. The van der Waals surface area contributed by atoms with Gasteiger partial charge in [0.15, 0.2) is 0 Å². The summed E-state index contributed by atoms with van der Waals surface area (Å²) in [4.78, 5) is 25.0. The zero-order valence-electron chi connectivity index (χ0n) is 12.4. The van der Waals surface area contributed by atoms with Gasteiger partial charge in [0.1, 0.15) is 11.6 Å². The van der Waals surface area contributed by atoms with Crippen LogP contribution in [0.15, 0.2) is 24.3 Å². The highest BCUT2D eigenvalue weighted by atomic mass is 19.1. The van der Waals surface area contributed by atoms with E-state index in [-0.39, 0.29) is 29.3 Å². The molecule has 5 heteroatoms. The van der Waals surface area contributed by atoms with Crippen LogP contribution in [0.1, 0.15) is 37.4 Å². The number of hydrogen-bond donors (Lipinski definition) is 1. The molecule has 0 radical (unpaired) electrons. The third-order valence-corrected chi connectivity index (χ3v) is 4.81. The van der Waals surface area contributed by atoms with Gasteiger partial charge < -0.3 is 10.0 Å². The van der Waals surface area contributed by atoms with Crippen LogP contribution < -0.4 is 0 Å². The lowest BCUT2D eigenvalue weighted by atomic mass is 9.81. The molecule has 1 N–H and O–H groups in total. The van der Waals surface area contributed by atoms with Crippen molar-refractivity contribution in [3.05, 3.63) is 35.6 Å². The van der Waals surface area contributed by atoms with Crippen LogP contribution in [0.4, 0.5) is 4.39 Å². The van der Waals surface area contributed by atoms with Crippen molar-refractivity contribution in [2.75, 3.05) is 13.1 Å². The van der Waals surface area contributed by atoms with Gasteiger partial charge in [0, 0.05) is 25.9 Å². The summed E-state index contributed by atoms with van der Waals surface area (Å²) in [6.07, 6.45) is 1.60. The van der Waals surface area contributed by atoms with E-state index in [1.807, 2.05) is 4.90 Å². The molecule has 1 amide bonds. The van der Waals surface area contributed by atoms with Gasteiger partial charge in [-0.3, -0.25) is 9.59 Å². The predicted octanol–water partition coefficient (Wildman–Crippen LogP) is 2.08. The number of amides is 1. The number of benzene rings is 1. The number of rotatable bonds is 3. The Morgan fingerprint density at radius 1 is 1.18 bits per heavy atom. The summed E-state index contributed by atoms with van der Waals surface area (Å²) < 4.78 is 12.9. The van der Waals surface area contributed by atoms with Crippen LogP contribution in [0, 0.1) is 17.7 Å². The maximum absolute atomic E-state index is 12.9. The normalized spacial score (nSPS) is 21.5. The summed E-state index contributed by atoms with van der Waals surface area (Å²) in [5.41, 5.74) is 0.718. The third-order valence-electron chi connectivity index (χ3n) is 4.81. The van der Waals surface area contributed by atoms with Gasteiger partial charge in [0.25, 0.3) is 0 Å². The Hall–Kier alpha value is -1.75. The third kappa shape index (κ3) is 3.04. The summed E-state index contributed by atoms with van der Waals surface area (Å²) in [6.45, 7) is 1.24. The first-order valence-electron chi connectivity index (χ1n) is 7.78. The number of halogens is 1. The molecule has 1 heterocycles. The van der Waals surface area contributed by atoms with Gasteiger partial charge in [-0.1, -0.05) is 12.1 Å². The predicted molar refractivity (Wildman–Crippen MR) is 78.4 cm³/mol. The van der Waals surface area contributed by atoms with E-state index in [9.17, 15) is 19.1 Å². The SMILES string of the molecule is O=C1CC(C(=O)N2CCC(C(O)c3ccc(F)cc3)CC2)C1. The first-order valence-corrected chi connectivity index (χ1v) is 7.78. The van der Waals surface area contributed by atoms with E-state index in [0.29, 0.717) is 25.9 Å². The molecule has 2 aliphatic rings. The molecule has 1 saturated heterocycles. The molecule has 1 aromatic rings. The van der Waals surface area contributed by atoms with Crippen molar-refractivity contribution in [3.63, 3.8) is 0 Å². The van der Waals surface area contributed by atoms with Crippen molar-refractivity contribution in [2.24, 2.45) is 11.8 Å². The minimum absolute atomic E-state index is 0.0781. The van der Waals surface area contributed by atoms with E-state index in [4.69, 9.17) is 0 Å². The standard InChI is InChI=1S/C17H20FNO3/c18-14-3-1-11(2-4-14)16(21)12-5-7-19(8-6-12)17(22)13-9-15(20)10-13/h1-4,12-13,16,21H,5-10H2. The fraction of sp³-hybridized carbons (Fsp3) is 0.529. The molecule has 22 heavy (non-hydrogen) atoms. The molecule has 0 bridgehead atoms. The van der Waals surface area contributed by atoms with Crippen LogP contribution in [0.5, 0.6) is 0 Å². The molecule has 1 unspecified atom stereocenters. The van der Waals surface area contributed by atoms with Crippen molar-refractivity contribution >= 4 is 11.7 Å². The second-order valence-corrected chi connectivity index (χ2v) is 6.30. The molecule has 0 spiro atoms. The van der Waals surface area contributed by atoms with E-state index < -0.39 is 6.10 Å². The maximum atomic E-state index is 12.9. The number of carbonyl (C=O) groups is 2. The molecule has 3 rings (SSSR count). The summed E-state index contributed by atoms with van der Waals surface area (Å²) in [5, 5.41) is 10.4. The summed E-state index contributed by atoms with van der Waals surface area (Å²) in [7, 11) is 0. The number of ketones is 1. The van der Waals surface area contributed by atoms with Crippen molar-refractivity contribution in [3.8, 4) is 0 Å². The van der Waals surface area contributed by atoms with E-state index in [2.05, 4.69) is 0 Å².